The number of nitrogens with one attached hydrogen (secondary N) is 3. The number of anilines is 2. The van der Waals surface area contributed by atoms with Crippen molar-refractivity contribution in [1.29, 1.82) is 0 Å². The van der Waals surface area contributed by atoms with Crippen LogP contribution in [0.15, 0.2) is 71.6 Å². The Labute approximate surface area is 188 Å². The molecular weight excluding hydrogens is 461 g/mol. The first-order chi connectivity index (χ1) is 15.1. The molecule has 0 saturated carbocycles. The standard InChI is InChI=1S/C21H17ClFN3O5S/c22-14-4-2-6-16(10-14)26-32(30,31)17-7-8-19(27)18(11-17)25-20(28)12-24-21(29)13-3-1-5-15(23)9-13/h1-11,26-27H,12H2,(H,24,29)(H,25,28). The maximum absolute atomic E-state index is 13.2. The number of rotatable bonds is 7. The van der Waals surface area contributed by atoms with Gasteiger partial charge in [-0.05, 0) is 54.6 Å². The predicted molar refractivity (Wildman–Crippen MR) is 118 cm³/mol. The van der Waals surface area contributed by atoms with Crippen LogP contribution in [0.4, 0.5) is 15.8 Å². The molecule has 0 fully saturated rings. The third kappa shape index (κ3) is 5.96. The van der Waals surface area contributed by atoms with E-state index in [2.05, 4.69) is 15.4 Å². The van der Waals surface area contributed by atoms with Gasteiger partial charge in [-0.25, -0.2) is 12.8 Å². The maximum atomic E-state index is 13.2. The van der Waals surface area contributed by atoms with Crippen molar-refractivity contribution in [1.82, 2.24) is 5.32 Å². The lowest BCUT2D eigenvalue weighted by molar-refractivity contribution is -0.115. The molecule has 0 aromatic heterocycles. The molecule has 0 saturated heterocycles. The van der Waals surface area contributed by atoms with Crippen LogP contribution in [0.25, 0.3) is 0 Å². The highest BCUT2D eigenvalue weighted by molar-refractivity contribution is 7.92. The summed E-state index contributed by atoms with van der Waals surface area (Å²) in [4.78, 5) is 23.9. The SMILES string of the molecule is O=C(CNC(=O)c1cccc(F)c1)Nc1cc(S(=O)(=O)Nc2cccc(Cl)c2)ccc1O. The highest BCUT2D eigenvalue weighted by atomic mass is 35.5. The normalized spacial score (nSPS) is 10.9. The van der Waals surface area contributed by atoms with Crippen molar-refractivity contribution in [3.8, 4) is 5.75 Å². The number of benzene rings is 3. The summed E-state index contributed by atoms with van der Waals surface area (Å²) in [6.45, 7) is -0.494. The first kappa shape index (κ1) is 23.0. The molecular formula is C21H17ClFN3O5S. The van der Waals surface area contributed by atoms with Crippen molar-refractivity contribution in [3.05, 3.63) is 83.1 Å². The number of halogens is 2. The van der Waals surface area contributed by atoms with Gasteiger partial charge in [0.1, 0.15) is 11.6 Å². The minimum absolute atomic E-state index is 0.0285. The molecule has 3 rings (SSSR count). The van der Waals surface area contributed by atoms with Gasteiger partial charge in [-0.3, -0.25) is 14.3 Å². The molecule has 0 spiro atoms. The first-order valence-corrected chi connectivity index (χ1v) is 11.0. The molecule has 2 amide bonds. The summed E-state index contributed by atoms with van der Waals surface area (Å²) in [5.41, 5.74) is 0.0843. The van der Waals surface area contributed by atoms with Gasteiger partial charge in [-0.2, -0.15) is 0 Å². The van der Waals surface area contributed by atoms with E-state index in [0.717, 1.165) is 24.3 Å². The topological polar surface area (TPSA) is 125 Å². The average molecular weight is 478 g/mol. The van der Waals surface area contributed by atoms with E-state index < -0.39 is 34.2 Å². The fourth-order valence-electron chi connectivity index (χ4n) is 2.64. The van der Waals surface area contributed by atoms with E-state index >= 15 is 0 Å². The number of hydrogen-bond donors (Lipinski definition) is 4. The zero-order valence-corrected chi connectivity index (χ0v) is 17.9. The second kappa shape index (κ2) is 9.67. The van der Waals surface area contributed by atoms with Crippen molar-refractivity contribution < 1.29 is 27.5 Å². The Hall–Kier alpha value is -3.63. The smallest absolute Gasteiger partial charge is 0.261 e. The van der Waals surface area contributed by atoms with Crippen molar-refractivity contribution in [2.75, 3.05) is 16.6 Å². The number of carbonyl (C=O) groups is 2. The van der Waals surface area contributed by atoms with Gasteiger partial charge in [0.25, 0.3) is 15.9 Å². The Kier molecular flexibility index (Phi) is 6.96. The summed E-state index contributed by atoms with van der Waals surface area (Å²) < 4.78 is 40.8. The molecule has 32 heavy (non-hydrogen) atoms. The summed E-state index contributed by atoms with van der Waals surface area (Å²) in [7, 11) is -4.05. The lowest BCUT2D eigenvalue weighted by Crippen LogP contribution is -2.33. The van der Waals surface area contributed by atoms with Crippen LogP contribution >= 0.6 is 11.6 Å². The Morgan fingerprint density at radius 2 is 1.75 bits per heavy atom. The fraction of sp³-hybridized carbons (Fsp3) is 0.0476. The summed E-state index contributed by atoms with van der Waals surface area (Å²) in [6, 6.07) is 14.3. The predicted octanol–water partition coefficient (Wildman–Crippen LogP) is 3.35. The van der Waals surface area contributed by atoms with Gasteiger partial charge in [-0.15, -0.1) is 0 Å². The molecule has 166 valence electrons. The minimum atomic E-state index is -4.05. The second-order valence-corrected chi connectivity index (χ2v) is 8.65. The summed E-state index contributed by atoms with van der Waals surface area (Å²) in [5.74, 6) is -2.39. The first-order valence-electron chi connectivity index (χ1n) is 9.09. The van der Waals surface area contributed by atoms with Gasteiger partial charge in [-0.1, -0.05) is 23.7 Å². The van der Waals surface area contributed by atoms with Gasteiger partial charge in [0.2, 0.25) is 5.91 Å². The fourth-order valence-corrected chi connectivity index (χ4v) is 3.90. The van der Waals surface area contributed by atoms with Crippen LogP contribution in [0.5, 0.6) is 5.75 Å². The number of carbonyl (C=O) groups excluding carboxylic acids is 2. The van der Waals surface area contributed by atoms with Crippen molar-refractivity contribution in [2.45, 2.75) is 4.90 Å². The number of phenolic OH excluding ortho intramolecular Hbond substituents is 1. The number of phenols is 1. The van der Waals surface area contributed by atoms with E-state index in [1.165, 1.54) is 30.3 Å². The molecule has 4 N–H and O–H groups in total. The van der Waals surface area contributed by atoms with Crippen LogP contribution in [0.3, 0.4) is 0 Å². The van der Waals surface area contributed by atoms with Crippen LogP contribution in [0, 0.1) is 5.82 Å². The molecule has 3 aromatic rings. The monoisotopic (exact) mass is 477 g/mol. The van der Waals surface area contributed by atoms with Crippen LogP contribution in [0.1, 0.15) is 10.4 Å². The quantitative estimate of drug-likeness (QED) is 0.388. The molecule has 0 aliphatic heterocycles. The molecule has 0 heterocycles. The van der Waals surface area contributed by atoms with E-state index in [4.69, 9.17) is 11.6 Å². The third-order valence-corrected chi connectivity index (χ3v) is 5.74. The summed E-state index contributed by atoms with van der Waals surface area (Å²) in [6.07, 6.45) is 0. The minimum Gasteiger partial charge on any atom is -0.506 e. The van der Waals surface area contributed by atoms with Crippen LogP contribution in [0.2, 0.25) is 5.02 Å². The molecule has 0 atom stereocenters. The van der Waals surface area contributed by atoms with E-state index in [1.54, 1.807) is 12.1 Å². The Balaban J connectivity index is 1.68. The Morgan fingerprint density at radius 3 is 2.47 bits per heavy atom. The van der Waals surface area contributed by atoms with Crippen molar-refractivity contribution >= 4 is 44.8 Å². The van der Waals surface area contributed by atoms with Gasteiger partial charge in [0.05, 0.1) is 22.8 Å². The molecule has 8 nitrogen and oxygen atoms in total. The van der Waals surface area contributed by atoms with Gasteiger partial charge >= 0.3 is 0 Å². The second-order valence-electron chi connectivity index (χ2n) is 6.54. The molecule has 0 bridgehead atoms. The average Bonchev–Trinajstić information content (AvgIpc) is 2.73. The number of hydrogen-bond acceptors (Lipinski definition) is 5. The van der Waals surface area contributed by atoms with Crippen LogP contribution < -0.4 is 15.4 Å². The summed E-state index contributed by atoms with van der Waals surface area (Å²) in [5, 5.41) is 15.0. The number of aromatic hydroxyl groups is 1. The van der Waals surface area contributed by atoms with E-state index in [0.29, 0.717) is 5.02 Å². The third-order valence-electron chi connectivity index (χ3n) is 4.13. The van der Waals surface area contributed by atoms with E-state index in [1.807, 2.05) is 0 Å². The maximum Gasteiger partial charge on any atom is 0.261 e. The molecule has 0 unspecified atom stereocenters. The Bertz CT molecular complexity index is 1280. The largest absolute Gasteiger partial charge is 0.506 e. The van der Waals surface area contributed by atoms with E-state index in [-0.39, 0.29) is 27.6 Å². The lowest BCUT2D eigenvalue weighted by atomic mass is 10.2. The van der Waals surface area contributed by atoms with Crippen LogP contribution in [-0.2, 0) is 14.8 Å². The molecule has 0 aliphatic rings. The number of amides is 2. The zero-order chi connectivity index (χ0) is 23.3. The summed E-state index contributed by atoms with van der Waals surface area (Å²) >= 11 is 5.86. The molecule has 3 aromatic carbocycles. The lowest BCUT2D eigenvalue weighted by Gasteiger charge is -2.12. The highest BCUT2D eigenvalue weighted by Gasteiger charge is 2.18. The van der Waals surface area contributed by atoms with Gasteiger partial charge in [0, 0.05) is 10.6 Å². The molecule has 0 radical (unpaired) electrons. The molecule has 11 heteroatoms. The van der Waals surface area contributed by atoms with Crippen LogP contribution in [-0.4, -0.2) is 31.9 Å². The van der Waals surface area contributed by atoms with Gasteiger partial charge in [0.15, 0.2) is 0 Å². The highest BCUT2D eigenvalue weighted by Crippen LogP contribution is 2.28. The van der Waals surface area contributed by atoms with Crippen molar-refractivity contribution in [2.24, 2.45) is 0 Å². The van der Waals surface area contributed by atoms with E-state index in [9.17, 15) is 27.5 Å². The Morgan fingerprint density at radius 1 is 1.00 bits per heavy atom. The van der Waals surface area contributed by atoms with Gasteiger partial charge < -0.3 is 15.7 Å². The van der Waals surface area contributed by atoms with Crippen molar-refractivity contribution in [3.63, 3.8) is 0 Å². The zero-order valence-electron chi connectivity index (χ0n) is 16.3. The molecule has 0 aliphatic carbocycles. The number of sulfonamides is 1.